The minimum absolute atomic E-state index is 0.201. The molecule has 0 radical (unpaired) electrons. The number of piperidine rings is 1. The van der Waals surface area contributed by atoms with E-state index in [2.05, 4.69) is 29.4 Å². The molecule has 6 heteroatoms. The van der Waals surface area contributed by atoms with Crippen molar-refractivity contribution < 1.29 is 9.32 Å². The Morgan fingerprint density at radius 1 is 0.886 bits per heavy atom. The molecule has 2 heterocycles. The standard InChI is InChI=1S/C29H28ClN3O2/c30-25-14-11-23(12-15-25)21-26-31-28(32-35-26)29(24-9-5-2-6-10-24)17-19-33(20-18-29)27(34)16-13-22-7-3-1-4-8-22/h1-12,14-15H,13,16-21H2. The maximum Gasteiger partial charge on any atom is 0.231 e. The van der Waals surface area contributed by atoms with Gasteiger partial charge in [-0.1, -0.05) is 89.6 Å². The van der Waals surface area contributed by atoms with Crippen molar-refractivity contribution in [2.24, 2.45) is 0 Å². The number of hydrogen-bond donors (Lipinski definition) is 0. The van der Waals surface area contributed by atoms with Crippen LogP contribution in [0.2, 0.25) is 5.02 Å². The molecule has 0 N–H and O–H groups in total. The first kappa shape index (κ1) is 23.3. The van der Waals surface area contributed by atoms with Crippen LogP contribution in [0, 0.1) is 0 Å². The second-order valence-electron chi connectivity index (χ2n) is 9.13. The van der Waals surface area contributed by atoms with E-state index in [0.717, 1.165) is 30.4 Å². The number of aromatic nitrogens is 2. The summed E-state index contributed by atoms with van der Waals surface area (Å²) in [7, 11) is 0. The number of carbonyl (C=O) groups excluding carboxylic acids is 1. The quantitative estimate of drug-likeness (QED) is 0.329. The SMILES string of the molecule is O=C(CCc1ccccc1)N1CCC(c2ccccc2)(c2noc(Cc3ccc(Cl)cc3)n2)CC1. The summed E-state index contributed by atoms with van der Waals surface area (Å²) in [6, 6.07) is 28.2. The topological polar surface area (TPSA) is 59.2 Å². The van der Waals surface area contributed by atoms with Gasteiger partial charge in [-0.2, -0.15) is 4.98 Å². The molecule has 1 aromatic heterocycles. The molecule has 3 aromatic carbocycles. The van der Waals surface area contributed by atoms with Gasteiger partial charge in [-0.15, -0.1) is 0 Å². The van der Waals surface area contributed by atoms with Crippen molar-refractivity contribution in [3.63, 3.8) is 0 Å². The van der Waals surface area contributed by atoms with Crippen LogP contribution in [0.5, 0.6) is 0 Å². The highest BCUT2D eigenvalue weighted by Gasteiger charge is 2.42. The Morgan fingerprint density at radius 3 is 2.23 bits per heavy atom. The molecular weight excluding hydrogens is 458 g/mol. The zero-order valence-electron chi connectivity index (χ0n) is 19.6. The van der Waals surface area contributed by atoms with E-state index in [-0.39, 0.29) is 11.3 Å². The van der Waals surface area contributed by atoms with Crippen molar-refractivity contribution >= 4 is 17.5 Å². The van der Waals surface area contributed by atoms with Crippen LogP contribution in [0.4, 0.5) is 0 Å². The molecule has 5 rings (SSSR count). The molecule has 1 amide bonds. The van der Waals surface area contributed by atoms with Crippen molar-refractivity contribution in [2.75, 3.05) is 13.1 Å². The molecule has 0 spiro atoms. The zero-order valence-corrected chi connectivity index (χ0v) is 20.3. The summed E-state index contributed by atoms with van der Waals surface area (Å²) < 4.78 is 5.69. The normalized spacial score (nSPS) is 15.2. The summed E-state index contributed by atoms with van der Waals surface area (Å²) in [5.74, 6) is 1.48. The van der Waals surface area contributed by atoms with Crippen LogP contribution in [0.15, 0.2) is 89.5 Å². The van der Waals surface area contributed by atoms with E-state index in [1.165, 1.54) is 5.56 Å². The van der Waals surface area contributed by atoms with Gasteiger partial charge in [0.05, 0.1) is 11.8 Å². The molecule has 0 unspecified atom stereocenters. The van der Waals surface area contributed by atoms with Crippen LogP contribution in [0.3, 0.4) is 0 Å². The first-order valence-electron chi connectivity index (χ1n) is 12.1. The van der Waals surface area contributed by atoms with E-state index in [1.807, 2.05) is 65.6 Å². The van der Waals surface area contributed by atoms with Crippen molar-refractivity contribution in [1.82, 2.24) is 15.0 Å². The summed E-state index contributed by atoms with van der Waals surface area (Å²) in [5, 5.41) is 5.13. The fourth-order valence-corrected chi connectivity index (χ4v) is 5.01. The van der Waals surface area contributed by atoms with Crippen LogP contribution < -0.4 is 0 Å². The van der Waals surface area contributed by atoms with Gasteiger partial charge < -0.3 is 9.42 Å². The Morgan fingerprint density at radius 2 is 1.54 bits per heavy atom. The Bertz CT molecular complexity index is 1250. The second-order valence-corrected chi connectivity index (χ2v) is 9.57. The van der Waals surface area contributed by atoms with Crippen LogP contribution in [-0.4, -0.2) is 34.0 Å². The average molecular weight is 486 g/mol. The number of benzene rings is 3. The Hall–Kier alpha value is -3.44. The number of hydrogen-bond acceptors (Lipinski definition) is 4. The molecule has 1 saturated heterocycles. The lowest BCUT2D eigenvalue weighted by Crippen LogP contribution is -2.46. The van der Waals surface area contributed by atoms with Crippen molar-refractivity contribution in [2.45, 2.75) is 37.5 Å². The molecule has 0 bridgehead atoms. The molecule has 4 aromatic rings. The van der Waals surface area contributed by atoms with Crippen molar-refractivity contribution in [3.05, 3.63) is 118 Å². The van der Waals surface area contributed by atoms with Gasteiger partial charge in [-0.3, -0.25) is 4.79 Å². The molecular formula is C29H28ClN3O2. The molecule has 1 aliphatic rings. The van der Waals surface area contributed by atoms with Crippen LogP contribution >= 0.6 is 11.6 Å². The summed E-state index contributed by atoms with van der Waals surface area (Å²) in [6.45, 7) is 1.34. The van der Waals surface area contributed by atoms with E-state index < -0.39 is 0 Å². The highest BCUT2D eigenvalue weighted by Crippen LogP contribution is 2.40. The van der Waals surface area contributed by atoms with Gasteiger partial charge in [0.25, 0.3) is 0 Å². The number of nitrogens with zero attached hydrogens (tertiary/aromatic N) is 3. The molecule has 5 nitrogen and oxygen atoms in total. The van der Waals surface area contributed by atoms with Crippen molar-refractivity contribution in [1.29, 1.82) is 0 Å². The monoisotopic (exact) mass is 485 g/mol. The third kappa shape index (κ3) is 5.30. The summed E-state index contributed by atoms with van der Waals surface area (Å²) in [5.41, 5.74) is 3.04. The lowest BCUT2D eigenvalue weighted by Gasteiger charge is -2.40. The van der Waals surface area contributed by atoms with Crippen LogP contribution in [-0.2, 0) is 23.1 Å². The number of amides is 1. The van der Waals surface area contributed by atoms with E-state index >= 15 is 0 Å². The number of halogens is 1. The van der Waals surface area contributed by atoms with Crippen molar-refractivity contribution in [3.8, 4) is 0 Å². The van der Waals surface area contributed by atoms with Gasteiger partial charge in [-0.05, 0) is 48.1 Å². The minimum atomic E-state index is -0.376. The third-order valence-corrected chi connectivity index (χ3v) is 7.18. The molecule has 35 heavy (non-hydrogen) atoms. The van der Waals surface area contributed by atoms with Gasteiger partial charge in [-0.25, -0.2) is 0 Å². The maximum absolute atomic E-state index is 13.0. The largest absolute Gasteiger partial charge is 0.343 e. The fourth-order valence-electron chi connectivity index (χ4n) is 4.89. The fraction of sp³-hybridized carbons (Fsp3) is 0.276. The molecule has 0 atom stereocenters. The Labute approximate surface area is 210 Å². The lowest BCUT2D eigenvalue weighted by atomic mass is 9.72. The highest BCUT2D eigenvalue weighted by molar-refractivity contribution is 6.30. The molecule has 1 aliphatic heterocycles. The predicted octanol–water partition coefficient (Wildman–Crippen LogP) is 5.86. The average Bonchev–Trinajstić information content (AvgIpc) is 3.39. The molecule has 1 fully saturated rings. The maximum atomic E-state index is 13.0. The van der Waals surface area contributed by atoms with Gasteiger partial charge in [0, 0.05) is 24.5 Å². The van der Waals surface area contributed by atoms with E-state index in [4.69, 9.17) is 21.1 Å². The lowest BCUT2D eigenvalue weighted by molar-refractivity contribution is -0.132. The Balaban J connectivity index is 1.31. The van der Waals surface area contributed by atoms with Gasteiger partial charge >= 0.3 is 0 Å². The molecule has 0 aliphatic carbocycles. The van der Waals surface area contributed by atoms with E-state index in [9.17, 15) is 4.79 Å². The summed E-state index contributed by atoms with van der Waals surface area (Å²) in [4.78, 5) is 19.8. The third-order valence-electron chi connectivity index (χ3n) is 6.93. The number of rotatable bonds is 7. The molecule has 178 valence electrons. The highest BCUT2D eigenvalue weighted by atomic mass is 35.5. The smallest absolute Gasteiger partial charge is 0.231 e. The number of likely N-dealkylation sites (tertiary alicyclic amines) is 1. The summed E-state index contributed by atoms with van der Waals surface area (Å²) in [6.07, 6.45) is 3.36. The van der Waals surface area contributed by atoms with Crippen LogP contribution in [0.1, 0.15) is 47.7 Å². The van der Waals surface area contributed by atoms with E-state index in [0.29, 0.717) is 42.7 Å². The predicted molar refractivity (Wildman–Crippen MR) is 136 cm³/mol. The van der Waals surface area contributed by atoms with Gasteiger partial charge in [0.2, 0.25) is 11.8 Å². The van der Waals surface area contributed by atoms with Gasteiger partial charge in [0.15, 0.2) is 5.82 Å². The minimum Gasteiger partial charge on any atom is -0.343 e. The van der Waals surface area contributed by atoms with Crippen LogP contribution in [0.25, 0.3) is 0 Å². The van der Waals surface area contributed by atoms with E-state index in [1.54, 1.807) is 0 Å². The first-order chi connectivity index (χ1) is 17.1. The number of carbonyl (C=O) groups is 1. The molecule has 0 saturated carbocycles. The Kier molecular flexibility index (Phi) is 6.96. The number of aryl methyl sites for hydroxylation is 1. The zero-order chi connectivity index (χ0) is 24.1. The second kappa shape index (κ2) is 10.4. The van der Waals surface area contributed by atoms with Gasteiger partial charge in [0.1, 0.15) is 0 Å². The first-order valence-corrected chi connectivity index (χ1v) is 12.4. The summed E-state index contributed by atoms with van der Waals surface area (Å²) >= 11 is 6.01.